The van der Waals surface area contributed by atoms with E-state index in [1.54, 1.807) is 30.5 Å². The number of hydrogen-bond donors (Lipinski definition) is 0. The summed E-state index contributed by atoms with van der Waals surface area (Å²) < 4.78 is 19.6. The predicted molar refractivity (Wildman–Crippen MR) is 124 cm³/mol. The van der Waals surface area contributed by atoms with Crippen molar-refractivity contribution < 1.29 is 13.9 Å². The molecule has 170 valence electrons. The molecule has 1 amide bonds. The number of benzene rings is 2. The number of hydrogen-bond acceptors (Lipinski definition) is 5. The van der Waals surface area contributed by atoms with Gasteiger partial charge in [-0.05, 0) is 35.9 Å². The first-order valence-electron chi connectivity index (χ1n) is 10.7. The molecule has 0 unspecified atom stereocenters. The number of rotatable bonds is 3. The molecule has 5 rings (SSSR count). The standard InChI is InChI=1S/C24H21Cl2FN4O2/c25-19-11-15(6-7-20(19)27)22-13-30-9-10-31(12-16(30)14-33-22)24(32)18-4-1-3-17(23(18)26)21-5-2-8-28-29-21/h1-8,11,16,22H,9-10,12-14H2/t16-,22-/m0/s1. The SMILES string of the molecule is O=C(c1cccc(-c2cccnn2)c1Cl)N1CCN2C[C@@H](c3ccc(F)c(Cl)c3)OC[C@@H]2C1. The lowest BCUT2D eigenvalue weighted by Crippen LogP contribution is -2.59. The molecular formula is C24H21Cl2FN4O2. The van der Waals surface area contributed by atoms with Crippen molar-refractivity contribution in [3.05, 3.63) is 81.7 Å². The van der Waals surface area contributed by atoms with E-state index in [4.69, 9.17) is 27.9 Å². The van der Waals surface area contributed by atoms with Gasteiger partial charge in [0, 0.05) is 37.9 Å². The van der Waals surface area contributed by atoms with E-state index in [0.717, 1.165) is 5.56 Å². The maximum Gasteiger partial charge on any atom is 0.255 e. The Morgan fingerprint density at radius 1 is 1.09 bits per heavy atom. The minimum absolute atomic E-state index is 0.0804. The van der Waals surface area contributed by atoms with E-state index in [9.17, 15) is 9.18 Å². The summed E-state index contributed by atoms with van der Waals surface area (Å²) in [5, 5.41) is 8.47. The van der Waals surface area contributed by atoms with E-state index in [-0.39, 0.29) is 23.1 Å². The van der Waals surface area contributed by atoms with Gasteiger partial charge in [0.2, 0.25) is 0 Å². The maximum absolute atomic E-state index is 13.5. The molecule has 0 aliphatic carbocycles. The maximum atomic E-state index is 13.5. The summed E-state index contributed by atoms with van der Waals surface area (Å²) >= 11 is 12.6. The zero-order chi connectivity index (χ0) is 22.9. The van der Waals surface area contributed by atoms with E-state index in [1.165, 1.54) is 6.07 Å². The number of carbonyl (C=O) groups excluding carboxylic acids is 1. The van der Waals surface area contributed by atoms with Gasteiger partial charge in [-0.1, -0.05) is 41.4 Å². The van der Waals surface area contributed by atoms with Gasteiger partial charge in [-0.15, -0.1) is 0 Å². The third kappa shape index (κ3) is 4.46. The van der Waals surface area contributed by atoms with Crippen LogP contribution in [0.3, 0.4) is 0 Å². The number of nitrogens with zero attached hydrogens (tertiary/aromatic N) is 4. The van der Waals surface area contributed by atoms with E-state index < -0.39 is 5.82 Å². The molecule has 0 N–H and O–H groups in total. The Morgan fingerprint density at radius 2 is 1.97 bits per heavy atom. The van der Waals surface area contributed by atoms with Crippen LogP contribution < -0.4 is 0 Å². The van der Waals surface area contributed by atoms with Crippen molar-refractivity contribution in [2.45, 2.75) is 12.1 Å². The van der Waals surface area contributed by atoms with Crippen LogP contribution in [0, 0.1) is 5.82 Å². The molecule has 2 aliphatic rings. The number of amides is 1. The van der Waals surface area contributed by atoms with Crippen LogP contribution in [0.4, 0.5) is 4.39 Å². The minimum Gasteiger partial charge on any atom is -0.370 e. The van der Waals surface area contributed by atoms with Crippen LogP contribution in [0.15, 0.2) is 54.7 Å². The van der Waals surface area contributed by atoms with Crippen molar-refractivity contribution in [1.82, 2.24) is 20.0 Å². The molecule has 2 saturated heterocycles. The monoisotopic (exact) mass is 486 g/mol. The van der Waals surface area contributed by atoms with Crippen molar-refractivity contribution in [2.75, 3.05) is 32.8 Å². The fourth-order valence-electron chi connectivity index (χ4n) is 4.39. The fraction of sp³-hybridized carbons (Fsp3) is 0.292. The van der Waals surface area contributed by atoms with Crippen molar-refractivity contribution >= 4 is 29.1 Å². The molecule has 0 saturated carbocycles. The molecule has 2 aromatic carbocycles. The summed E-state index contributed by atoms with van der Waals surface area (Å²) in [6.45, 7) is 2.97. The van der Waals surface area contributed by atoms with Crippen LogP contribution in [0.25, 0.3) is 11.3 Å². The van der Waals surface area contributed by atoms with Crippen molar-refractivity contribution in [2.24, 2.45) is 0 Å². The first-order valence-corrected chi connectivity index (χ1v) is 11.4. The molecule has 1 aromatic heterocycles. The first kappa shape index (κ1) is 22.2. The zero-order valence-electron chi connectivity index (χ0n) is 17.6. The van der Waals surface area contributed by atoms with E-state index >= 15 is 0 Å². The second-order valence-electron chi connectivity index (χ2n) is 8.17. The summed E-state index contributed by atoms with van der Waals surface area (Å²) in [6.07, 6.45) is 1.41. The van der Waals surface area contributed by atoms with Gasteiger partial charge in [0.15, 0.2) is 0 Å². The molecule has 6 nitrogen and oxygen atoms in total. The highest BCUT2D eigenvalue weighted by atomic mass is 35.5. The Morgan fingerprint density at radius 3 is 2.76 bits per heavy atom. The number of aromatic nitrogens is 2. The molecule has 3 heterocycles. The molecular weight excluding hydrogens is 466 g/mol. The Balaban J connectivity index is 1.28. The van der Waals surface area contributed by atoms with Crippen molar-refractivity contribution in [3.8, 4) is 11.3 Å². The number of morpholine rings is 1. The highest BCUT2D eigenvalue weighted by Crippen LogP contribution is 2.32. The second-order valence-corrected chi connectivity index (χ2v) is 8.96. The summed E-state index contributed by atoms with van der Waals surface area (Å²) in [5.41, 5.74) is 2.60. The molecule has 0 spiro atoms. The third-order valence-corrected chi connectivity index (χ3v) is 6.87. The van der Waals surface area contributed by atoms with Gasteiger partial charge in [-0.25, -0.2) is 4.39 Å². The third-order valence-electron chi connectivity index (χ3n) is 6.17. The Kier molecular flexibility index (Phi) is 6.29. The van der Waals surface area contributed by atoms with Crippen LogP contribution in [0.1, 0.15) is 22.0 Å². The van der Waals surface area contributed by atoms with Gasteiger partial charge >= 0.3 is 0 Å². The highest BCUT2D eigenvalue weighted by molar-refractivity contribution is 6.36. The van der Waals surface area contributed by atoms with Crippen LogP contribution in [-0.2, 0) is 4.74 Å². The van der Waals surface area contributed by atoms with E-state index in [1.807, 2.05) is 23.1 Å². The van der Waals surface area contributed by atoms with Crippen LogP contribution >= 0.6 is 23.2 Å². The van der Waals surface area contributed by atoms with Crippen LogP contribution in [-0.4, -0.2) is 64.7 Å². The quantitative estimate of drug-likeness (QED) is 0.545. The molecule has 2 atom stereocenters. The van der Waals surface area contributed by atoms with Gasteiger partial charge in [-0.3, -0.25) is 9.69 Å². The van der Waals surface area contributed by atoms with Gasteiger partial charge in [-0.2, -0.15) is 10.2 Å². The van der Waals surface area contributed by atoms with Crippen molar-refractivity contribution in [1.29, 1.82) is 0 Å². The van der Waals surface area contributed by atoms with Crippen LogP contribution in [0.2, 0.25) is 10.0 Å². The van der Waals surface area contributed by atoms with Gasteiger partial charge < -0.3 is 9.64 Å². The van der Waals surface area contributed by atoms with Crippen LogP contribution in [0.5, 0.6) is 0 Å². The van der Waals surface area contributed by atoms with Gasteiger partial charge in [0.05, 0.1) is 40.1 Å². The molecule has 9 heteroatoms. The normalized spacial score (nSPS) is 21.0. The summed E-state index contributed by atoms with van der Waals surface area (Å²) in [7, 11) is 0. The summed E-state index contributed by atoms with van der Waals surface area (Å²) in [5.74, 6) is -0.555. The Bertz CT molecular complexity index is 1180. The number of piperazine rings is 1. The predicted octanol–water partition coefficient (Wildman–Crippen LogP) is 4.49. The topological polar surface area (TPSA) is 58.6 Å². The highest BCUT2D eigenvalue weighted by Gasteiger charge is 2.36. The summed E-state index contributed by atoms with van der Waals surface area (Å²) in [6, 6.07) is 13.7. The average molecular weight is 487 g/mol. The van der Waals surface area contributed by atoms with Gasteiger partial charge in [0.25, 0.3) is 5.91 Å². The number of halogens is 3. The zero-order valence-corrected chi connectivity index (χ0v) is 19.1. The van der Waals surface area contributed by atoms with Gasteiger partial charge in [0.1, 0.15) is 5.82 Å². The lowest BCUT2D eigenvalue weighted by Gasteiger charge is -2.46. The Labute approximate surface area is 200 Å². The summed E-state index contributed by atoms with van der Waals surface area (Å²) in [4.78, 5) is 17.5. The lowest BCUT2D eigenvalue weighted by molar-refractivity contribution is -0.0858. The van der Waals surface area contributed by atoms with Crippen molar-refractivity contribution in [3.63, 3.8) is 0 Å². The molecule has 0 radical (unpaired) electrons. The first-order chi connectivity index (χ1) is 16.0. The minimum atomic E-state index is -0.441. The fourth-order valence-corrected chi connectivity index (χ4v) is 4.89. The second kappa shape index (κ2) is 9.35. The largest absolute Gasteiger partial charge is 0.370 e. The lowest BCUT2D eigenvalue weighted by atomic mass is 10.0. The molecule has 33 heavy (non-hydrogen) atoms. The number of ether oxygens (including phenoxy) is 1. The molecule has 2 aliphatic heterocycles. The van der Waals surface area contributed by atoms with E-state index in [2.05, 4.69) is 15.1 Å². The number of fused-ring (bicyclic) bond motifs is 1. The molecule has 0 bridgehead atoms. The van der Waals surface area contributed by atoms with E-state index in [0.29, 0.717) is 54.6 Å². The molecule has 3 aromatic rings. The average Bonchev–Trinajstić information content (AvgIpc) is 2.85. The smallest absolute Gasteiger partial charge is 0.255 e. The number of carbonyl (C=O) groups is 1. The molecule has 2 fully saturated rings. The Hall–Kier alpha value is -2.58.